The molecular weight excluding hydrogens is 472 g/mol. The first-order valence-corrected chi connectivity index (χ1v) is 11.5. The Morgan fingerprint density at radius 2 is 1.84 bits per heavy atom. The molecular formula is C25H33BrN2O4. The number of methoxy groups -OCH3 is 1. The zero-order valence-electron chi connectivity index (χ0n) is 19.7. The molecule has 0 radical (unpaired) electrons. The van der Waals surface area contributed by atoms with Gasteiger partial charge in [0.25, 0.3) is 5.91 Å². The summed E-state index contributed by atoms with van der Waals surface area (Å²) in [7, 11) is 1.60. The standard InChI is InChI=1S/C25H33BrN2O4/c1-7-22(24(30)27-25(3,4)5)28(15-18-9-8-10-19(14-18)31-6)23(29)16-32-20-11-12-21(26)17(2)13-20/h8-14,22H,7,15-16H2,1-6H3,(H,27,30). The Kier molecular flexibility index (Phi) is 9.13. The number of amides is 2. The number of nitrogens with zero attached hydrogens (tertiary/aromatic N) is 1. The lowest BCUT2D eigenvalue weighted by Gasteiger charge is -2.33. The Hall–Kier alpha value is -2.54. The molecule has 0 aliphatic carbocycles. The van der Waals surface area contributed by atoms with Crippen LogP contribution in [0.15, 0.2) is 46.9 Å². The minimum atomic E-state index is -0.622. The number of halogens is 1. The van der Waals surface area contributed by atoms with Crippen molar-refractivity contribution in [3.8, 4) is 11.5 Å². The fraction of sp³-hybridized carbons (Fsp3) is 0.440. The van der Waals surface area contributed by atoms with Crippen molar-refractivity contribution in [2.45, 2.75) is 59.2 Å². The number of rotatable bonds is 9. The number of carbonyl (C=O) groups is 2. The molecule has 0 bridgehead atoms. The summed E-state index contributed by atoms with van der Waals surface area (Å²) < 4.78 is 12.1. The zero-order chi connectivity index (χ0) is 23.9. The van der Waals surface area contributed by atoms with Crippen LogP contribution >= 0.6 is 15.9 Å². The Morgan fingerprint density at radius 3 is 2.44 bits per heavy atom. The van der Waals surface area contributed by atoms with Gasteiger partial charge in [0.1, 0.15) is 17.5 Å². The highest BCUT2D eigenvalue weighted by molar-refractivity contribution is 9.10. The zero-order valence-corrected chi connectivity index (χ0v) is 21.3. The van der Waals surface area contributed by atoms with Crippen LogP contribution in [0.4, 0.5) is 0 Å². The van der Waals surface area contributed by atoms with E-state index in [0.29, 0.717) is 17.9 Å². The molecule has 174 valence electrons. The summed E-state index contributed by atoms with van der Waals surface area (Å²) in [6, 6.07) is 12.4. The maximum atomic E-state index is 13.3. The predicted octanol–water partition coefficient (Wildman–Crippen LogP) is 4.87. The van der Waals surface area contributed by atoms with Gasteiger partial charge >= 0.3 is 0 Å². The quantitative estimate of drug-likeness (QED) is 0.528. The maximum Gasteiger partial charge on any atom is 0.261 e. The molecule has 1 N–H and O–H groups in total. The average Bonchev–Trinajstić information content (AvgIpc) is 2.73. The first-order chi connectivity index (χ1) is 15.0. The van der Waals surface area contributed by atoms with E-state index >= 15 is 0 Å². The van der Waals surface area contributed by atoms with Crippen molar-refractivity contribution in [2.24, 2.45) is 0 Å². The summed E-state index contributed by atoms with van der Waals surface area (Å²) >= 11 is 3.46. The Morgan fingerprint density at radius 1 is 1.12 bits per heavy atom. The number of ether oxygens (including phenoxy) is 2. The van der Waals surface area contributed by atoms with Crippen LogP contribution in [-0.2, 0) is 16.1 Å². The number of nitrogens with one attached hydrogen (secondary N) is 1. The summed E-state index contributed by atoms with van der Waals surface area (Å²) in [4.78, 5) is 27.9. The van der Waals surface area contributed by atoms with E-state index in [1.807, 2.05) is 71.0 Å². The first-order valence-electron chi connectivity index (χ1n) is 10.7. The fourth-order valence-corrected chi connectivity index (χ4v) is 3.52. The second-order valence-corrected chi connectivity index (χ2v) is 9.59. The van der Waals surface area contributed by atoms with Crippen LogP contribution in [0.1, 0.15) is 45.2 Å². The van der Waals surface area contributed by atoms with Crippen LogP contribution in [0.3, 0.4) is 0 Å². The van der Waals surface area contributed by atoms with Gasteiger partial charge in [0.15, 0.2) is 6.61 Å². The van der Waals surface area contributed by atoms with Crippen molar-refractivity contribution in [2.75, 3.05) is 13.7 Å². The molecule has 1 atom stereocenters. The van der Waals surface area contributed by atoms with Gasteiger partial charge in [0, 0.05) is 16.6 Å². The lowest BCUT2D eigenvalue weighted by Crippen LogP contribution is -2.54. The number of carbonyl (C=O) groups excluding carboxylic acids is 2. The third kappa shape index (κ3) is 7.55. The Bertz CT molecular complexity index is 940. The van der Waals surface area contributed by atoms with Crippen LogP contribution in [0.25, 0.3) is 0 Å². The lowest BCUT2D eigenvalue weighted by molar-refractivity contribution is -0.143. The van der Waals surface area contributed by atoms with Crippen LogP contribution in [0, 0.1) is 6.92 Å². The smallest absolute Gasteiger partial charge is 0.261 e. The molecule has 2 rings (SSSR count). The minimum absolute atomic E-state index is 0.162. The second kappa shape index (κ2) is 11.4. The molecule has 7 heteroatoms. The fourth-order valence-electron chi connectivity index (χ4n) is 3.27. The molecule has 0 aliphatic rings. The van der Waals surface area contributed by atoms with Crippen molar-refractivity contribution in [1.82, 2.24) is 10.2 Å². The highest BCUT2D eigenvalue weighted by atomic mass is 79.9. The number of aryl methyl sites for hydroxylation is 1. The van der Waals surface area contributed by atoms with Crippen molar-refractivity contribution < 1.29 is 19.1 Å². The van der Waals surface area contributed by atoms with E-state index in [0.717, 1.165) is 15.6 Å². The molecule has 0 saturated carbocycles. The van der Waals surface area contributed by atoms with Gasteiger partial charge < -0.3 is 19.7 Å². The number of benzene rings is 2. The van der Waals surface area contributed by atoms with Crippen LogP contribution < -0.4 is 14.8 Å². The van der Waals surface area contributed by atoms with Gasteiger partial charge in [-0.2, -0.15) is 0 Å². The summed E-state index contributed by atoms with van der Waals surface area (Å²) in [5.41, 5.74) is 1.49. The molecule has 0 saturated heterocycles. The SMILES string of the molecule is CCC(C(=O)NC(C)(C)C)N(Cc1cccc(OC)c1)C(=O)COc1ccc(Br)c(C)c1. The average molecular weight is 505 g/mol. The van der Waals surface area contributed by atoms with Crippen LogP contribution in [0.5, 0.6) is 11.5 Å². The highest BCUT2D eigenvalue weighted by Crippen LogP contribution is 2.22. The molecule has 2 amide bonds. The molecule has 32 heavy (non-hydrogen) atoms. The number of hydrogen-bond acceptors (Lipinski definition) is 4. The van der Waals surface area contributed by atoms with Crippen molar-refractivity contribution >= 4 is 27.7 Å². The van der Waals surface area contributed by atoms with E-state index < -0.39 is 11.6 Å². The first kappa shape index (κ1) is 25.7. The molecule has 0 fully saturated rings. The number of hydrogen-bond donors (Lipinski definition) is 1. The highest BCUT2D eigenvalue weighted by Gasteiger charge is 2.31. The third-order valence-corrected chi connectivity index (χ3v) is 5.75. The van der Waals surface area contributed by atoms with Crippen LogP contribution in [-0.4, -0.2) is 42.0 Å². The molecule has 2 aromatic carbocycles. The molecule has 6 nitrogen and oxygen atoms in total. The topological polar surface area (TPSA) is 67.9 Å². The van der Waals surface area contributed by atoms with Gasteiger partial charge in [0.2, 0.25) is 5.91 Å². The van der Waals surface area contributed by atoms with E-state index in [1.165, 1.54) is 0 Å². The summed E-state index contributed by atoms with van der Waals surface area (Å²) in [5, 5.41) is 3.00. The Balaban J connectivity index is 2.26. The molecule has 0 aliphatic heterocycles. The van der Waals surface area contributed by atoms with E-state index in [4.69, 9.17) is 9.47 Å². The van der Waals surface area contributed by atoms with E-state index in [2.05, 4.69) is 21.2 Å². The maximum absolute atomic E-state index is 13.3. The molecule has 1 unspecified atom stereocenters. The minimum Gasteiger partial charge on any atom is -0.497 e. The van der Waals surface area contributed by atoms with Gasteiger partial charge in [0.05, 0.1) is 7.11 Å². The summed E-state index contributed by atoms with van der Waals surface area (Å²) in [5.74, 6) is 0.858. The van der Waals surface area contributed by atoms with Gasteiger partial charge in [-0.05, 0) is 75.6 Å². The van der Waals surface area contributed by atoms with Crippen molar-refractivity contribution in [1.29, 1.82) is 0 Å². The Labute approximate surface area is 199 Å². The summed E-state index contributed by atoms with van der Waals surface area (Å²) in [6.45, 7) is 9.73. The largest absolute Gasteiger partial charge is 0.497 e. The van der Waals surface area contributed by atoms with E-state index in [-0.39, 0.29) is 25.0 Å². The predicted molar refractivity (Wildman–Crippen MR) is 130 cm³/mol. The second-order valence-electron chi connectivity index (χ2n) is 8.74. The summed E-state index contributed by atoms with van der Waals surface area (Å²) in [6.07, 6.45) is 0.481. The third-order valence-electron chi connectivity index (χ3n) is 4.86. The lowest BCUT2D eigenvalue weighted by atomic mass is 10.1. The molecule has 0 spiro atoms. The van der Waals surface area contributed by atoms with E-state index in [9.17, 15) is 9.59 Å². The normalized spacial score (nSPS) is 12.1. The van der Waals surface area contributed by atoms with Crippen molar-refractivity contribution in [3.05, 3.63) is 58.1 Å². The molecule has 2 aromatic rings. The molecule has 0 heterocycles. The van der Waals surface area contributed by atoms with Gasteiger partial charge in [-0.25, -0.2) is 0 Å². The molecule has 0 aromatic heterocycles. The van der Waals surface area contributed by atoms with Gasteiger partial charge in [-0.3, -0.25) is 9.59 Å². The van der Waals surface area contributed by atoms with E-state index in [1.54, 1.807) is 18.1 Å². The monoisotopic (exact) mass is 504 g/mol. The van der Waals surface area contributed by atoms with Crippen molar-refractivity contribution in [3.63, 3.8) is 0 Å². The van der Waals surface area contributed by atoms with Gasteiger partial charge in [-0.1, -0.05) is 35.0 Å². The van der Waals surface area contributed by atoms with Crippen LogP contribution in [0.2, 0.25) is 0 Å². The van der Waals surface area contributed by atoms with Gasteiger partial charge in [-0.15, -0.1) is 0 Å².